The minimum atomic E-state index is 0.106. The van der Waals surface area contributed by atoms with E-state index in [0.717, 1.165) is 5.75 Å². The maximum atomic E-state index is 5.51. The Morgan fingerprint density at radius 3 is 1.81 bits per heavy atom. The fourth-order valence-corrected chi connectivity index (χ4v) is 2.10. The van der Waals surface area contributed by atoms with Crippen molar-refractivity contribution in [1.29, 1.82) is 0 Å². The van der Waals surface area contributed by atoms with Crippen molar-refractivity contribution in [2.24, 2.45) is 0 Å². The maximum Gasteiger partial charge on any atom is 0.122 e. The average Bonchev–Trinajstić information content (AvgIpc) is 2.13. The highest BCUT2D eigenvalue weighted by Crippen LogP contribution is 2.39. The van der Waals surface area contributed by atoms with Gasteiger partial charge in [-0.25, -0.2) is 0 Å². The van der Waals surface area contributed by atoms with E-state index in [2.05, 4.69) is 59.7 Å². The fraction of sp³-hybridized carbons (Fsp3) is 0.600. The molecular formula is C15H24O. The van der Waals surface area contributed by atoms with Crippen LogP contribution in [-0.2, 0) is 10.8 Å². The van der Waals surface area contributed by atoms with Gasteiger partial charge in [0.25, 0.3) is 0 Å². The van der Waals surface area contributed by atoms with Crippen LogP contribution in [0, 0.1) is 0 Å². The molecule has 1 rings (SSSR count). The molecule has 1 aromatic carbocycles. The van der Waals surface area contributed by atoms with Gasteiger partial charge in [-0.1, -0.05) is 53.7 Å². The Morgan fingerprint density at radius 1 is 0.875 bits per heavy atom. The fourth-order valence-electron chi connectivity index (χ4n) is 2.10. The van der Waals surface area contributed by atoms with E-state index < -0.39 is 0 Å². The lowest BCUT2D eigenvalue weighted by Crippen LogP contribution is -2.22. The molecule has 1 aromatic rings. The van der Waals surface area contributed by atoms with Crippen molar-refractivity contribution in [3.63, 3.8) is 0 Å². The largest absolute Gasteiger partial charge is 0.496 e. The normalized spacial score (nSPS) is 12.7. The Hall–Kier alpha value is -0.980. The first kappa shape index (κ1) is 13.1. The third-order valence-electron chi connectivity index (χ3n) is 2.80. The molecule has 0 saturated carbocycles. The number of rotatable bonds is 1. The molecule has 90 valence electrons. The van der Waals surface area contributed by atoms with Gasteiger partial charge in [0.15, 0.2) is 0 Å². The quantitative estimate of drug-likeness (QED) is 0.686. The lowest BCUT2D eigenvalue weighted by molar-refractivity contribution is 0.392. The predicted octanol–water partition coefficient (Wildman–Crippen LogP) is 4.29. The molecule has 0 spiro atoms. The van der Waals surface area contributed by atoms with Crippen LogP contribution in [0.1, 0.15) is 52.7 Å². The third kappa shape index (κ3) is 2.58. The molecule has 0 heterocycles. The Labute approximate surface area is 99.8 Å². The third-order valence-corrected chi connectivity index (χ3v) is 2.80. The topological polar surface area (TPSA) is 9.23 Å². The van der Waals surface area contributed by atoms with Crippen molar-refractivity contribution in [2.45, 2.75) is 52.4 Å². The molecular weight excluding hydrogens is 196 g/mol. The summed E-state index contributed by atoms with van der Waals surface area (Å²) in [7, 11) is 1.75. The van der Waals surface area contributed by atoms with Crippen molar-refractivity contribution in [3.05, 3.63) is 29.3 Å². The van der Waals surface area contributed by atoms with E-state index in [1.165, 1.54) is 11.1 Å². The molecule has 0 bridgehead atoms. The minimum absolute atomic E-state index is 0.106. The summed E-state index contributed by atoms with van der Waals surface area (Å²) < 4.78 is 5.51. The summed E-state index contributed by atoms with van der Waals surface area (Å²) in [5.41, 5.74) is 2.95. The Morgan fingerprint density at radius 2 is 1.44 bits per heavy atom. The number of hydrogen-bond donors (Lipinski definition) is 0. The van der Waals surface area contributed by atoms with Crippen LogP contribution in [0.5, 0.6) is 5.75 Å². The van der Waals surface area contributed by atoms with E-state index in [0.29, 0.717) is 0 Å². The molecule has 0 N–H and O–H groups in total. The SMILES string of the molecule is COc1cccc(C(C)(C)C)c1C(C)(C)C. The molecule has 0 aliphatic rings. The van der Waals surface area contributed by atoms with Crippen molar-refractivity contribution in [3.8, 4) is 5.75 Å². The second kappa shape index (κ2) is 4.12. The van der Waals surface area contributed by atoms with Gasteiger partial charge in [0.2, 0.25) is 0 Å². The van der Waals surface area contributed by atoms with Gasteiger partial charge >= 0.3 is 0 Å². The molecule has 0 amide bonds. The van der Waals surface area contributed by atoms with Crippen LogP contribution in [0.4, 0.5) is 0 Å². The first-order valence-corrected chi connectivity index (χ1v) is 5.86. The monoisotopic (exact) mass is 220 g/mol. The lowest BCUT2D eigenvalue weighted by atomic mass is 9.75. The van der Waals surface area contributed by atoms with E-state index in [9.17, 15) is 0 Å². The standard InChI is InChI=1S/C15H24O/c1-14(2,3)11-9-8-10-12(16-7)13(11)15(4,5)6/h8-10H,1-7H3. The highest BCUT2D eigenvalue weighted by Gasteiger charge is 2.27. The summed E-state index contributed by atoms with van der Waals surface area (Å²) in [5, 5.41) is 0. The van der Waals surface area contributed by atoms with Crippen LogP contribution in [0.15, 0.2) is 18.2 Å². The second-order valence-electron chi connectivity index (χ2n) is 6.38. The van der Waals surface area contributed by atoms with E-state index in [1.54, 1.807) is 7.11 Å². The Balaban J connectivity index is 3.51. The molecule has 16 heavy (non-hydrogen) atoms. The van der Waals surface area contributed by atoms with E-state index in [-0.39, 0.29) is 10.8 Å². The zero-order valence-corrected chi connectivity index (χ0v) is 11.6. The van der Waals surface area contributed by atoms with Crippen molar-refractivity contribution >= 4 is 0 Å². The summed E-state index contributed by atoms with van der Waals surface area (Å²) in [4.78, 5) is 0. The van der Waals surface area contributed by atoms with Crippen molar-refractivity contribution < 1.29 is 4.74 Å². The summed E-state index contributed by atoms with van der Waals surface area (Å²) in [6.07, 6.45) is 0. The number of methoxy groups -OCH3 is 1. The average molecular weight is 220 g/mol. The predicted molar refractivity (Wildman–Crippen MR) is 70.4 cm³/mol. The lowest BCUT2D eigenvalue weighted by Gasteiger charge is -2.31. The highest BCUT2D eigenvalue weighted by atomic mass is 16.5. The minimum Gasteiger partial charge on any atom is -0.496 e. The van der Waals surface area contributed by atoms with Crippen LogP contribution in [-0.4, -0.2) is 7.11 Å². The van der Waals surface area contributed by atoms with E-state index in [4.69, 9.17) is 4.74 Å². The molecule has 1 heteroatoms. The molecule has 0 aliphatic heterocycles. The molecule has 0 saturated heterocycles. The summed E-state index contributed by atoms with van der Waals surface area (Å²) in [6.45, 7) is 13.4. The second-order valence-corrected chi connectivity index (χ2v) is 6.38. The van der Waals surface area contributed by atoms with Gasteiger partial charge in [-0.15, -0.1) is 0 Å². The van der Waals surface area contributed by atoms with Crippen LogP contribution < -0.4 is 4.74 Å². The molecule has 0 aromatic heterocycles. The Kier molecular flexibility index (Phi) is 3.37. The van der Waals surface area contributed by atoms with Crippen LogP contribution in [0.3, 0.4) is 0 Å². The summed E-state index contributed by atoms with van der Waals surface area (Å²) >= 11 is 0. The first-order valence-electron chi connectivity index (χ1n) is 5.86. The summed E-state index contributed by atoms with van der Waals surface area (Å²) in [5.74, 6) is 1.000. The number of hydrogen-bond acceptors (Lipinski definition) is 1. The van der Waals surface area contributed by atoms with Gasteiger partial charge in [-0.2, -0.15) is 0 Å². The van der Waals surface area contributed by atoms with Gasteiger partial charge in [-0.3, -0.25) is 0 Å². The van der Waals surface area contributed by atoms with Gasteiger partial charge in [0.05, 0.1) is 7.11 Å². The van der Waals surface area contributed by atoms with Gasteiger partial charge in [-0.05, 0) is 22.5 Å². The van der Waals surface area contributed by atoms with E-state index in [1.807, 2.05) is 0 Å². The summed E-state index contributed by atoms with van der Waals surface area (Å²) in [6, 6.07) is 6.34. The molecule has 0 aliphatic carbocycles. The molecule has 0 radical (unpaired) electrons. The van der Waals surface area contributed by atoms with E-state index >= 15 is 0 Å². The molecule has 0 fully saturated rings. The smallest absolute Gasteiger partial charge is 0.122 e. The first-order chi connectivity index (χ1) is 7.18. The van der Waals surface area contributed by atoms with Gasteiger partial charge < -0.3 is 4.74 Å². The number of ether oxygens (including phenoxy) is 1. The molecule has 0 atom stereocenters. The van der Waals surface area contributed by atoms with Crippen molar-refractivity contribution in [1.82, 2.24) is 0 Å². The van der Waals surface area contributed by atoms with Gasteiger partial charge in [0, 0.05) is 5.56 Å². The zero-order valence-electron chi connectivity index (χ0n) is 11.6. The Bertz CT molecular complexity index is 364. The van der Waals surface area contributed by atoms with Crippen LogP contribution in [0.25, 0.3) is 0 Å². The van der Waals surface area contributed by atoms with Crippen LogP contribution in [0.2, 0.25) is 0 Å². The molecule has 1 nitrogen and oxygen atoms in total. The van der Waals surface area contributed by atoms with Crippen molar-refractivity contribution in [2.75, 3.05) is 7.11 Å². The maximum absolute atomic E-state index is 5.51. The van der Waals surface area contributed by atoms with Gasteiger partial charge in [0.1, 0.15) is 5.75 Å². The number of benzene rings is 1. The molecule has 0 unspecified atom stereocenters. The highest BCUT2D eigenvalue weighted by molar-refractivity contribution is 5.47. The zero-order chi connectivity index (χ0) is 12.6. The van der Waals surface area contributed by atoms with Crippen LogP contribution >= 0.6 is 0 Å².